The minimum absolute atomic E-state index is 0.0389. The summed E-state index contributed by atoms with van der Waals surface area (Å²) < 4.78 is 10.7. The first-order valence-corrected chi connectivity index (χ1v) is 6.13. The number of rotatable bonds is 5. The van der Waals surface area contributed by atoms with E-state index in [1.165, 1.54) is 19.2 Å². The Bertz CT molecular complexity index is 616. The number of nitrogens with zero attached hydrogens (tertiary/aromatic N) is 1. The maximum Gasteiger partial charge on any atom is 0.335 e. The number of carbonyl (C=O) groups is 1. The van der Waals surface area contributed by atoms with E-state index in [9.17, 15) is 4.79 Å². The minimum atomic E-state index is -1.08. The van der Waals surface area contributed by atoms with Gasteiger partial charge in [-0.15, -0.1) is 0 Å². The monoisotopic (exact) mass is 293 g/mol. The molecule has 1 N–H and O–H groups in total. The van der Waals surface area contributed by atoms with Crippen LogP contribution in [0.2, 0.25) is 5.02 Å². The van der Waals surface area contributed by atoms with Crippen LogP contribution in [0.4, 0.5) is 0 Å². The zero-order valence-corrected chi connectivity index (χ0v) is 11.4. The first kappa shape index (κ1) is 14.1. The SMILES string of the molecule is COc1cc(C(=O)O)cc(Cl)c1OCc1ccccn1. The second kappa shape index (κ2) is 6.25. The summed E-state index contributed by atoms with van der Waals surface area (Å²) in [6, 6.07) is 8.14. The van der Waals surface area contributed by atoms with E-state index >= 15 is 0 Å². The van der Waals surface area contributed by atoms with Crippen LogP contribution < -0.4 is 9.47 Å². The van der Waals surface area contributed by atoms with Gasteiger partial charge in [0.05, 0.1) is 23.4 Å². The van der Waals surface area contributed by atoms with Crippen LogP contribution >= 0.6 is 11.6 Å². The van der Waals surface area contributed by atoms with E-state index in [-0.39, 0.29) is 22.9 Å². The zero-order valence-electron chi connectivity index (χ0n) is 10.7. The number of aromatic nitrogens is 1. The first-order valence-electron chi connectivity index (χ1n) is 5.75. The number of hydrogen-bond donors (Lipinski definition) is 1. The van der Waals surface area contributed by atoms with Gasteiger partial charge in [-0.05, 0) is 24.3 Å². The fourth-order valence-corrected chi connectivity index (χ4v) is 1.88. The van der Waals surface area contributed by atoms with Crippen LogP contribution in [-0.2, 0) is 6.61 Å². The molecule has 0 aliphatic heterocycles. The van der Waals surface area contributed by atoms with Gasteiger partial charge in [0.15, 0.2) is 11.5 Å². The van der Waals surface area contributed by atoms with Crippen molar-refractivity contribution < 1.29 is 19.4 Å². The summed E-state index contributed by atoms with van der Waals surface area (Å²) in [5.74, 6) is -0.517. The van der Waals surface area contributed by atoms with Gasteiger partial charge in [0.25, 0.3) is 0 Å². The van der Waals surface area contributed by atoms with Crippen molar-refractivity contribution in [3.05, 3.63) is 52.8 Å². The van der Waals surface area contributed by atoms with Gasteiger partial charge in [-0.3, -0.25) is 4.98 Å². The van der Waals surface area contributed by atoms with Gasteiger partial charge in [-0.2, -0.15) is 0 Å². The van der Waals surface area contributed by atoms with Crippen LogP contribution in [0.15, 0.2) is 36.5 Å². The smallest absolute Gasteiger partial charge is 0.335 e. The summed E-state index contributed by atoms with van der Waals surface area (Å²) in [4.78, 5) is 15.1. The molecule has 0 aliphatic carbocycles. The second-order valence-electron chi connectivity index (χ2n) is 3.90. The molecular formula is C14H12ClNO4. The number of hydrogen-bond acceptors (Lipinski definition) is 4. The Hall–Kier alpha value is -2.27. The summed E-state index contributed by atoms with van der Waals surface area (Å²) in [5.41, 5.74) is 0.768. The lowest BCUT2D eigenvalue weighted by atomic mass is 10.2. The van der Waals surface area contributed by atoms with Crippen LogP contribution in [0.1, 0.15) is 16.1 Å². The second-order valence-corrected chi connectivity index (χ2v) is 4.31. The molecule has 0 saturated carbocycles. The molecule has 0 unspecified atom stereocenters. The summed E-state index contributed by atoms with van der Waals surface area (Å²) in [7, 11) is 1.42. The predicted molar refractivity (Wildman–Crippen MR) is 73.5 cm³/mol. The Morgan fingerprint density at radius 2 is 2.20 bits per heavy atom. The first-order chi connectivity index (χ1) is 9.61. The fourth-order valence-electron chi connectivity index (χ4n) is 1.61. The largest absolute Gasteiger partial charge is 0.493 e. The van der Waals surface area contributed by atoms with Gasteiger partial charge in [0.2, 0.25) is 0 Å². The number of carboxylic acid groups (broad SMARTS) is 1. The quantitative estimate of drug-likeness (QED) is 0.917. The third-order valence-corrected chi connectivity index (χ3v) is 2.85. The molecule has 0 spiro atoms. The molecule has 0 amide bonds. The molecule has 0 fully saturated rings. The van der Waals surface area contributed by atoms with Gasteiger partial charge in [-0.25, -0.2) is 4.79 Å². The van der Waals surface area contributed by atoms with Crippen LogP contribution in [-0.4, -0.2) is 23.2 Å². The number of methoxy groups -OCH3 is 1. The molecule has 2 aromatic rings. The molecule has 1 aromatic heterocycles. The Morgan fingerprint density at radius 3 is 2.80 bits per heavy atom. The highest BCUT2D eigenvalue weighted by atomic mass is 35.5. The fraction of sp³-hybridized carbons (Fsp3) is 0.143. The van der Waals surface area contributed by atoms with Crippen molar-refractivity contribution in [3.8, 4) is 11.5 Å². The van der Waals surface area contributed by atoms with E-state index in [1.807, 2.05) is 12.1 Å². The maximum absolute atomic E-state index is 10.9. The Balaban J connectivity index is 2.25. The van der Waals surface area contributed by atoms with Crippen molar-refractivity contribution in [2.75, 3.05) is 7.11 Å². The predicted octanol–water partition coefficient (Wildman–Crippen LogP) is 3.02. The summed E-state index contributed by atoms with van der Waals surface area (Å²) >= 11 is 6.03. The standard InChI is InChI=1S/C14H12ClNO4/c1-19-12-7-9(14(17)18)6-11(15)13(12)20-8-10-4-2-3-5-16-10/h2-7H,8H2,1H3,(H,17,18). The lowest BCUT2D eigenvalue weighted by Gasteiger charge is -2.12. The molecule has 0 saturated heterocycles. The highest BCUT2D eigenvalue weighted by molar-refractivity contribution is 6.32. The molecule has 2 rings (SSSR count). The minimum Gasteiger partial charge on any atom is -0.493 e. The normalized spacial score (nSPS) is 10.1. The van der Waals surface area contributed by atoms with E-state index < -0.39 is 5.97 Å². The number of ether oxygens (including phenoxy) is 2. The van der Waals surface area contributed by atoms with E-state index in [4.69, 9.17) is 26.2 Å². The third kappa shape index (κ3) is 3.19. The summed E-state index contributed by atoms with van der Waals surface area (Å²) in [5, 5.41) is 9.14. The maximum atomic E-state index is 10.9. The number of benzene rings is 1. The summed E-state index contributed by atoms with van der Waals surface area (Å²) in [6.45, 7) is 0.212. The molecule has 20 heavy (non-hydrogen) atoms. The van der Waals surface area contributed by atoms with Crippen molar-refractivity contribution >= 4 is 17.6 Å². The number of pyridine rings is 1. The van der Waals surface area contributed by atoms with E-state index in [0.717, 1.165) is 5.69 Å². The Kier molecular flexibility index (Phi) is 4.42. The average molecular weight is 294 g/mol. The van der Waals surface area contributed by atoms with Crippen LogP contribution in [0.3, 0.4) is 0 Å². The number of halogens is 1. The van der Waals surface area contributed by atoms with Crippen LogP contribution in [0, 0.1) is 0 Å². The molecule has 1 aromatic carbocycles. The topological polar surface area (TPSA) is 68.7 Å². The van der Waals surface area contributed by atoms with Gasteiger partial charge in [-0.1, -0.05) is 17.7 Å². The molecule has 0 aliphatic rings. The van der Waals surface area contributed by atoms with Crippen molar-refractivity contribution in [2.24, 2.45) is 0 Å². The molecule has 0 radical (unpaired) electrons. The molecule has 1 heterocycles. The van der Waals surface area contributed by atoms with Crippen molar-refractivity contribution in [3.63, 3.8) is 0 Å². The van der Waals surface area contributed by atoms with Crippen molar-refractivity contribution in [1.29, 1.82) is 0 Å². The lowest BCUT2D eigenvalue weighted by molar-refractivity contribution is 0.0696. The van der Waals surface area contributed by atoms with Crippen molar-refractivity contribution in [1.82, 2.24) is 4.98 Å². The van der Waals surface area contributed by atoms with E-state index in [1.54, 1.807) is 12.3 Å². The lowest BCUT2D eigenvalue weighted by Crippen LogP contribution is -2.02. The Morgan fingerprint density at radius 1 is 1.40 bits per heavy atom. The molecule has 6 heteroatoms. The van der Waals surface area contributed by atoms with Gasteiger partial charge < -0.3 is 14.6 Å². The summed E-state index contributed by atoms with van der Waals surface area (Å²) in [6.07, 6.45) is 1.66. The van der Waals surface area contributed by atoms with E-state index in [0.29, 0.717) is 5.75 Å². The molecule has 5 nitrogen and oxygen atoms in total. The number of carboxylic acids is 1. The molecule has 104 valence electrons. The Labute approximate surface area is 120 Å². The number of aromatic carboxylic acids is 1. The highest BCUT2D eigenvalue weighted by Crippen LogP contribution is 2.36. The van der Waals surface area contributed by atoms with E-state index in [2.05, 4.69) is 4.98 Å². The van der Waals surface area contributed by atoms with Crippen LogP contribution in [0.5, 0.6) is 11.5 Å². The zero-order chi connectivity index (χ0) is 14.5. The molecule has 0 bridgehead atoms. The van der Waals surface area contributed by atoms with Gasteiger partial charge in [0.1, 0.15) is 6.61 Å². The van der Waals surface area contributed by atoms with Gasteiger partial charge >= 0.3 is 5.97 Å². The average Bonchev–Trinajstić information content (AvgIpc) is 2.46. The van der Waals surface area contributed by atoms with Gasteiger partial charge in [0, 0.05) is 6.20 Å². The third-order valence-electron chi connectivity index (χ3n) is 2.57. The van der Waals surface area contributed by atoms with Crippen molar-refractivity contribution in [2.45, 2.75) is 6.61 Å². The van der Waals surface area contributed by atoms with Crippen LogP contribution in [0.25, 0.3) is 0 Å². The molecule has 0 atom stereocenters. The molecular weight excluding hydrogens is 282 g/mol. The highest BCUT2D eigenvalue weighted by Gasteiger charge is 2.15.